The molecule has 170 valence electrons. The monoisotopic (exact) mass is 447 g/mol. The van der Waals surface area contributed by atoms with Crippen LogP contribution in [0, 0.1) is 34.4 Å². The zero-order valence-corrected chi connectivity index (χ0v) is 18.7. The second-order valence-electron chi connectivity index (χ2n) is 8.38. The number of nitrogens with zero attached hydrogens (tertiary/aromatic N) is 3. The van der Waals surface area contributed by atoms with E-state index in [1.807, 2.05) is 19.9 Å². The number of hydrogen-bond donors (Lipinski definition) is 2. The molecule has 0 saturated heterocycles. The highest BCUT2D eigenvalue weighted by Gasteiger charge is 2.46. The lowest BCUT2D eigenvalue weighted by molar-refractivity contribution is -0.119. The van der Waals surface area contributed by atoms with E-state index < -0.39 is 29.6 Å². The summed E-state index contributed by atoms with van der Waals surface area (Å²) in [4.78, 5) is 32.7. The third-order valence-corrected chi connectivity index (χ3v) is 5.55. The lowest BCUT2D eigenvalue weighted by Gasteiger charge is -2.44. The lowest BCUT2D eigenvalue weighted by Crippen LogP contribution is -2.56. The van der Waals surface area contributed by atoms with E-state index >= 15 is 0 Å². The van der Waals surface area contributed by atoms with Crippen molar-refractivity contribution in [1.29, 1.82) is 10.7 Å². The predicted octanol–water partition coefficient (Wildman–Crippen LogP) is 3.87. The number of nitrogens with one attached hydrogen (secondary N) is 2. The van der Waals surface area contributed by atoms with Crippen molar-refractivity contribution in [2.75, 3.05) is 18.9 Å². The first kappa shape index (κ1) is 23.8. The van der Waals surface area contributed by atoms with Crippen molar-refractivity contribution in [1.82, 2.24) is 4.90 Å². The molecule has 0 spiro atoms. The number of hydrogen-bond acceptors (Lipinski definition) is 5. The van der Waals surface area contributed by atoms with Crippen molar-refractivity contribution in [3.8, 4) is 6.07 Å². The Hall–Kier alpha value is -3.86. The minimum atomic E-state index is -0.956. The van der Waals surface area contributed by atoms with E-state index in [0.29, 0.717) is 17.8 Å². The summed E-state index contributed by atoms with van der Waals surface area (Å²) in [6, 6.07) is 11.6. The van der Waals surface area contributed by atoms with E-state index in [9.17, 15) is 19.2 Å². The number of amides is 2. The van der Waals surface area contributed by atoms with Crippen LogP contribution in [0.5, 0.6) is 0 Å². The van der Waals surface area contributed by atoms with Crippen molar-refractivity contribution in [2.24, 2.45) is 16.8 Å². The third-order valence-electron chi connectivity index (χ3n) is 5.55. The van der Waals surface area contributed by atoms with Gasteiger partial charge in [-0.2, -0.15) is 5.26 Å². The summed E-state index contributed by atoms with van der Waals surface area (Å²) in [6.07, 6.45) is 2.68. The molecule has 1 aliphatic rings. The Balaban J connectivity index is 2.17. The van der Waals surface area contributed by atoms with E-state index in [1.54, 1.807) is 36.2 Å². The second kappa shape index (κ2) is 10.2. The first-order valence-corrected chi connectivity index (χ1v) is 10.6. The zero-order valence-electron chi connectivity index (χ0n) is 18.7. The van der Waals surface area contributed by atoms with E-state index in [0.717, 1.165) is 6.21 Å². The number of nitriles is 1. The van der Waals surface area contributed by atoms with Gasteiger partial charge in [0.2, 0.25) is 5.91 Å². The summed E-state index contributed by atoms with van der Waals surface area (Å²) in [5.41, 5.74) is 1.33. The fourth-order valence-corrected chi connectivity index (χ4v) is 4.25. The number of benzene rings is 2. The molecule has 7 nitrogen and oxygen atoms in total. The van der Waals surface area contributed by atoms with Gasteiger partial charge < -0.3 is 20.6 Å². The first-order valence-electron chi connectivity index (χ1n) is 10.6. The van der Waals surface area contributed by atoms with Crippen LogP contribution in [0.1, 0.15) is 41.3 Å². The Morgan fingerprint density at radius 2 is 2.09 bits per heavy atom. The van der Waals surface area contributed by atoms with Gasteiger partial charge >= 0.3 is 0 Å². The van der Waals surface area contributed by atoms with Crippen molar-refractivity contribution in [3.05, 3.63) is 65.0 Å². The quantitative estimate of drug-likeness (QED) is 0.629. The molecule has 2 N–H and O–H groups in total. The van der Waals surface area contributed by atoms with Crippen molar-refractivity contribution in [3.63, 3.8) is 0 Å². The lowest BCUT2D eigenvalue weighted by atomic mass is 9.76. The van der Waals surface area contributed by atoms with Gasteiger partial charge in [-0.25, -0.2) is 4.39 Å². The number of fused-ring (bicyclic) bond motifs is 1. The van der Waals surface area contributed by atoms with Gasteiger partial charge in [-0.15, -0.1) is 0 Å². The number of halogens is 1. The van der Waals surface area contributed by atoms with Gasteiger partial charge in [0.1, 0.15) is 5.82 Å². The van der Waals surface area contributed by atoms with Crippen LogP contribution >= 0.6 is 0 Å². The third kappa shape index (κ3) is 4.98. The molecule has 3 rings (SSSR count). The molecular weight excluding hydrogens is 421 g/mol. The number of rotatable bonds is 7. The molecule has 1 heterocycles. The van der Waals surface area contributed by atoms with Crippen LogP contribution in [0.2, 0.25) is 0 Å². The average molecular weight is 448 g/mol. The summed E-state index contributed by atoms with van der Waals surface area (Å²) in [5.74, 6) is -2.84. The second-order valence-corrected chi connectivity index (χ2v) is 8.38. The molecule has 3 atom stereocenters. The Bertz CT molecular complexity index is 1140. The largest absolute Gasteiger partial charge is 0.333 e. The maximum atomic E-state index is 14.3. The van der Waals surface area contributed by atoms with Gasteiger partial charge in [-0.05, 0) is 47.9 Å². The molecule has 1 unspecified atom stereocenters. The number of aliphatic imine (C=N–C) groups is 1. The Labute approximate surface area is 192 Å². The standard InChI is InChI=1S/C25H26FN5O2/c1-15(2)14-31-23(17(12-28)13-29-3)22(21-10-18(26)7-8-20(21)25(31)33)24(32)30-19-6-4-5-16(9-19)11-27/h4-10,12-13,15,17,22-23,28H,14H2,1-3H3,(H,30,32)/t17?,22-,23+/m1/s1. The highest BCUT2D eigenvalue weighted by atomic mass is 19.1. The fraction of sp³-hybridized carbons (Fsp3) is 0.320. The van der Waals surface area contributed by atoms with Gasteiger partial charge in [-0.1, -0.05) is 19.9 Å². The highest BCUT2D eigenvalue weighted by Crippen LogP contribution is 2.38. The SMILES string of the molecule is CN=CC(C=N)[C@H]1[C@H](C(=O)Nc2cccc(C#N)c2)c2cc(F)ccc2C(=O)N1CC(C)C. The Kier molecular flexibility index (Phi) is 7.34. The van der Waals surface area contributed by atoms with Crippen LogP contribution in [-0.2, 0) is 4.79 Å². The molecule has 0 saturated carbocycles. The molecule has 33 heavy (non-hydrogen) atoms. The van der Waals surface area contributed by atoms with Crippen LogP contribution < -0.4 is 5.32 Å². The molecule has 2 aromatic carbocycles. The number of carbonyl (C=O) groups excluding carboxylic acids is 2. The summed E-state index contributed by atoms with van der Waals surface area (Å²) < 4.78 is 14.3. The molecule has 0 aromatic heterocycles. The van der Waals surface area contributed by atoms with E-state index in [4.69, 9.17) is 5.41 Å². The summed E-state index contributed by atoms with van der Waals surface area (Å²) in [5, 5.41) is 20.0. The van der Waals surface area contributed by atoms with Gasteiger partial charge in [0, 0.05) is 37.3 Å². The zero-order chi connectivity index (χ0) is 24.1. The molecule has 2 amide bonds. The van der Waals surface area contributed by atoms with E-state index in [2.05, 4.69) is 10.3 Å². The summed E-state index contributed by atoms with van der Waals surface area (Å²) >= 11 is 0. The van der Waals surface area contributed by atoms with Gasteiger partial charge in [0.05, 0.1) is 29.5 Å². The molecule has 1 aliphatic heterocycles. The van der Waals surface area contributed by atoms with Crippen molar-refractivity contribution < 1.29 is 14.0 Å². The fourth-order valence-electron chi connectivity index (χ4n) is 4.25. The van der Waals surface area contributed by atoms with E-state index in [1.165, 1.54) is 24.4 Å². The molecule has 0 bridgehead atoms. The molecule has 2 aromatic rings. The topological polar surface area (TPSA) is 109 Å². The molecule has 0 fully saturated rings. The number of anilines is 1. The minimum absolute atomic E-state index is 0.0967. The smallest absolute Gasteiger partial charge is 0.254 e. The van der Waals surface area contributed by atoms with Crippen LogP contribution in [0.25, 0.3) is 0 Å². The summed E-state index contributed by atoms with van der Waals surface area (Å²) in [7, 11) is 1.56. The Morgan fingerprint density at radius 3 is 2.73 bits per heavy atom. The molecule has 0 radical (unpaired) electrons. The number of carbonyl (C=O) groups is 2. The highest BCUT2D eigenvalue weighted by molar-refractivity contribution is 6.05. The normalized spacial score (nSPS) is 18.7. The molecular formula is C25H26FN5O2. The van der Waals surface area contributed by atoms with Crippen LogP contribution in [0.15, 0.2) is 47.5 Å². The average Bonchev–Trinajstić information content (AvgIpc) is 2.79. The maximum Gasteiger partial charge on any atom is 0.254 e. The maximum absolute atomic E-state index is 14.3. The van der Waals surface area contributed by atoms with Crippen LogP contribution in [0.4, 0.5) is 10.1 Å². The van der Waals surface area contributed by atoms with Gasteiger partial charge in [0.25, 0.3) is 5.91 Å². The minimum Gasteiger partial charge on any atom is -0.333 e. The summed E-state index contributed by atoms with van der Waals surface area (Å²) in [6.45, 7) is 4.27. The molecule has 0 aliphatic carbocycles. The van der Waals surface area contributed by atoms with Crippen molar-refractivity contribution >= 4 is 29.9 Å². The Morgan fingerprint density at radius 1 is 1.33 bits per heavy atom. The van der Waals surface area contributed by atoms with Crippen molar-refractivity contribution in [2.45, 2.75) is 25.8 Å². The first-order chi connectivity index (χ1) is 15.8. The predicted molar refractivity (Wildman–Crippen MR) is 125 cm³/mol. The van der Waals surface area contributed by atoms with Gasteiger partial charge in [0.15, 0.2) is 0 Å². The van der Waals surface area contributed by atoms with Crippen LogP contribution in [-0.4, -0.2) is 48.8 Å². The van der Waals surface area contributed by atoms with Crippen LogP contribution in [0.3, 0.4) is 0 Å². The van der Waals surface area contributed by atoms with E-state index in [-0.39, 0.29) is 23.0 Å². The molecule has 8 heteroatoms. The van der Waals surface area contributed by atoms with Gasteiger partial charge in [-0.3, -0.25) is 9.59 Å².